The van der Waals surface area contributed by atoms with E-state index in [1.54, 1.807) is 0 Å². The van der Waals surface area contributed by atoms with Crippen molar-refractivity contribution in [3.63, 3.8) is 0 Å². The van der Waals surface area contributed by atoms with Crippen molar-refractivity contribution in [1.82, 2.24) is 0 Å². The van der Waals surface area contributed by atoms with Crippen LogP contribution in [-0.4, -0.2) is 0 Å². The number of nitrogens with two attached hydrogens (primary N) is 1. The van der Waals surface area contributed by atoms with Crippen molar-refractivity contribution in [2.24, 2.45) is 23.5 Å². The minimum absolute atomic E-state index is 0.126. The fourth-order valence-electron chi connectivity index (χ4n) is 3.32. The lowest BCUT2D eigenvalue weighted by molar-refractivity contribution is 0.501. The van der Waals surface area contributed by atoms with Gasteiger partial charge in [-0.1, -0.05) is 18.6 Å². The van der Waals surface area contributed by atoms with Crippen molar-refractivity contribution < 1.29 is 4.39 Å². The molecule has 1 aromatic rings. The maximum Gasteiger partial charge on any atom is 0.123 e. The Kier molecular flexibility index (Phi) is 2.06. The summed E-state index contributed by atoms with van der Waals surface area (Å²) in [4.78, 5) is 0. The summed E-state index contributed by atoms with van der Waals surface area (Å²) in [5.41, 5.74) is 7.31. The van der Waals surface area contributed by atoms with Crippen molar-refractivity contribution in [2.45, 2.75) is 25.3 Å². The molecule has 0 aromatic heterocycles. The van der Waals surface area contributed by atoms with Crippen LogP contribution in [0.25, 0.3) is 0 Å². The van der Waals surface area contributed by atoms with E-state index in [9.17, 15) is 4.39 Å². The maximum atomic E-state index is 12.8. The molecule has 1 nitrogen and oxygen atoms in total. The summed E-state index contributed by atoms with van der Waals surface area (Å²) in [5, 5.41) is 0. The Morgan fingerprint density at radius 3 is 2.33 bits per heavy atom. The number of rotatable bonds is 2. The summed E-state index contributed by atoms with van der Waals surface area (Å²) >= 11 is 0. The van der Waals surface area contributed by atoms with Crippen molar-refractivity contribution >= 4 is 0 Å². The Bertz CT molecular complexity index is 349. The van der Waals surface area contributed by atoms with Gasteiger partial charge in [-0.15, -0.1) is 0 Å². The SMILES string of the molecule is NC(c1ccc(F)cc1)C1C2CCCC21. The third kappa shape index (κ3) is 1.48. The third-order valence-electron chi connectivity index (χ3n) is 4.14. The molecule has 3 unspecified atom stereocenters. The highest BCUT2D eigenvalue weighted by Crippen LogP contribution is 2.61. The first-order valence-electron chi connectivity index (χ1n) is 5.78. The maximum absolute atomic E-state index is 12.8. The number of fused-ring (bicyclic) bond motifs is 1. The molecule has 2 heteroatoms. The Morgan fingerprint density at radius 2 is 1.73 bits per heavy atom. The van der Waals surface area contributed by atoms with E-state index in [0.717, 1.165) is 17.4 Å². The lowest BCUT2D eigenvalue weighted by Gasteiger charge is -2.13. The molecule has 0 amide bonds. The van der Waals surface area contributed by atoms with Crippen LogP contribution in [0.3, 0.4) is 0 Å². The van der Waals surface area contributed by atoms with Gasteiger partial charge in [0.1, 0.15) is 5.82 Å². The molecule has 15 heavy (non-hydrogen) atoms. The Morgan fingerprint density at radius 1 is 1.13 bits per heavy atom. The third-order valence-corrected chi connectivity index (χ3v) is 4.14. The van der Waals surface area contributed by atoms with Crippen LogP contribution in [0.2, 0.25) is 0 Å². The lowest BCUT2D eigenvalue weighted by Crippen LogP contribution is -2.15. The van der Waals surface area contributed by atoms with E-state index >= 15 is 0 Å². The lowest BCUT2D eigenvalue weighted by atomic mass is 9.98. The highest BCUT2D eigenvalue weighted by molar-refractivity contribution is 5.23. The highest BCUT2D eigenvalue weighted by Gasteiger charge is 2.55. The first kappa shape index (κ1) is 9.34. The van der Waals surface area contributed by atoms with E-state index in [-0.39, 0.29) is 11.9 Å². The molecule has 3 atom stereocenters. The predicted octanol–water partition coefficient (Wildman–Crippen LogP) is 2.87. The monoisotopic (exact) mass is 205 g/mol. The van der Waals surface area contributed by atoms with Gasteiger partial charge in [0.25, 0.3) is 0 Å². The smallest absolute Gasteiger partial charge is 0.123 e. The fraction of sp³-hybridized carbons (Fsp3) is 0.538. The summed E-state index contributed by atoms with van der Waals surface area (Å²) in [6.07, 6.45) is 4.08. The van der Waals surface area contributed by atoms with Crippen LogP contribution < -0.4 is 5.73 Å². The number of halogens is 1. The molecule has 0 bridgehead atoms. The van der Waals surface area contributed by atoms with Crippen LogP contribution in [0.1, 0.15) is 30.9 Å². The first-order chi connectivity index (χ1) is 7.27. The predicted molar refractivity (Wildman–Crippen MR) is 57.6 cm³/mol. The zero-order valence-electron chi connectivity index (χ0n) is 8.70. The van der Waals surface area contributed by atoms with Gasteiger partial charge in [-0.2, -0.15) is 0 Å². The Labute approximate surface area is 89.5 Å². The zero-order chi connectivity index (χ0) is 10.4. The standard InChI is InChI=1S/C13H16FN/c14-9-6-4-8(5-7-9)13(15)12-10-2-1-3-11(10)12/h4-7,10-13H,1-3,15H2. The molecule has 3 rings (SSSR count). The van der Waals surface area contributed by atoms with Crippen molar-refractivity contribution in [3.05, 3.63) is 35.6 Å². The molecule has 0 radical (unpaired) electrons. The quantitative estimate of drug-likeness (QED) is 0.789. The highest BCUT2D eigenvalue weighted by atomic mass is 19.1. The van der Waals surface area contributed by atoms with Gasteiger partial charge in [-0.25, -0.2) is 4.39 Å². The molecule has 2 saturated carbocycles. The topological polar surface area (TPSA) is 26.0 Å². The molecule has 0 saturated heterocycles. The van der Waals surface area contributed by atoms with Crippen LogP contribution in [0.15, 0.2) is 24.3 Å². The molecule has 2 aliphatic carbocycles. The number of hydrogen-bond acceptors (Lipinski definition) is 1. The van der Waals surface area contributed by atoms with Crippen LogP contribution in [0.5, 0.6) is 0 Å². The second-order valence-corrected chi connectivity index (χ2v) is 4.91. The Balaban J connectivity index is 1.75. The number of benzene rings is 1. The average molecular weight is 205 g/mol. The molecule has 0 aliphatic heterocycles. The van der Waals surface area contributed by atoms with E-state index in [2.05, 4.69) is 0 Å². The first-order valence-corrected chi connectivity index (χ1v) is 5.78. The second kappa shape index (κ2) is 3.31. The largest absolute Gasteiger partial charge is 0.324 e. The number of hydrogen-bond donors (Lipinski definition) is 1. The molecular formula is C13H16FN. The second-order valence-electron chi connectivity index (χ2n) is 4.91. The van der Waals surface area contributed by atoms with E-state index < -0.39 is 0 Å². The van der Waals surface area contributed by atoms with E-state index in [1.165, 1.54) is 31.4 Å². The van der Waals surface area contributed by atoms with Gasteiger partial charge in [0.2, 0.25) is 0 Å². The molecule has 0 heterocycles. The molecule has 80 valence electrons. The van der Waals surface area contributed by atoms with Gasteiger partial charge in [-0.3, -0.25) is 0 Å². The van der Waals surface area contributed by atoms with Gasteiger partial charge in [0, 0.05) is 6.04 Å². The molecule has 0 spiro atoms. The van der Waals surface area contributed by atoms with Crippen LogP contribution >= 0.6 is 0 Å². The van der Waals surface area contributed by atoms with Crippen molar-refractivity contribution in [2.75, 3.05) is 0 Å². The van der Waals surface area contributed by atoms with E-state index in [0.29, 0.717) is 5.92 Å². The zero-order valence-corrected chi connectivity index (χ0v) is 8.70. The van der Waals surface area contributed by atoms with Gasteiger partial charge in [-0.05, 0) is 48.3 Å². The molecule has 2 N–H and O–H groups in total. The summed E-state index contributed by atoms with van der Waals surface area (Å²) in [6, 6.07) is 6.80. The van der Waals surface area contributed by atoms with Crippen LogP contribution in [-0.2, 0) is 0 Å². The molecular weight excluding hydrogens is 189 g/mol. The van der Waals surface area contributed by atoms with Crippen LogP contribution in [0.4, 0.5) is 4.39 Å². The van der Waals surface area contributed by atoms with Gasteiger partial charge < -0.3 is 5.73 Å². The summed E-state index contributed by atoms with van der Waals surface area (Å²) < 4.78 is 12.8. The normalized spacial score (nSPS) is 34.9. The summed E-state index contributed by atoms with van der Waals surface area (Å²) in [7, 11) is 0. The van der Waals surface area contributed by atoms with Gasteiger partial charge in [0.15, 0.2) is 0 Å². The minimum Gasteiger partial charge on any atom is -0.324 e. The van der Waals surface area contributed by atoms with E-state index in [1.807, 2.05) is 12.1 Å². The van der Waals surface area contributed by atoms with Crippen molar-refractivity contribution in [1.29, 1.82) is 0 Å². The molecule has 1 aromatic carbocycles. The minimum atomic E-state index is -0.179. The Hall–Kier alpha value is -0.890. The van der Waals surface area contributed by atoms with Gasteiger partial charge in [0.05, 0.1) is 0 Å². The molecule has 2 aliphatic rings. The average Bonchev–Trinajstić information content (AvgIpc) is 2.72. The fourth-order valence-corrected chi connectivity index (χ4v) is 3.32. The summed E-state index contributed by atoms with van der Waals surface area (Å²) in [5.74, 6) is 2.22. The van der Waals surface area contributed by atoms with Gasteiger partial charge >= 0.3 is 0 Å². The summed E-state index contributed by atoms with van der Waals surface area (Å²) in [6.45, 7) is 0. The van der Waals surface area contributed by atoms with E-state index in [4.69, 9.17) is 5.73 Å². The van der Waals surface area contributed by atoms with Crippen molar-refractivity contribution in [3.8, 4) is 0 Å². The molecule has 2 fully saturated rings. The van der Waals surface area contributed by atoms with Crippen LogP contribution in [0, 0.1) is 23.6 Å².